The number of guanidine groups is 1. The first-order chi connectivity index (χ1) is 17.3. The number of carbonyl (C=O) groups is 1. The highest BCUT2D eigenvalue weighted by molar-refractivity contribution is 5.88. The van der Waals surface area contributed by atoms with Crippen LogP contribution in [0, 0.1) is 24.1 Å². The Bertz CT molecular complexity index is 1300. The van der Waals surface area contributed by atoms with Gasteiger partial charge in [-0.2, -0.15) is 25.1 Å². The second kappa shape index (κ2) is 10.4. The van der Waals surface area contributed by atoms with Gasteiger partial charge in [-0.25, -0.2) is 28.6 Å². The maximum absolute atomic E-state index is 14.2. The lowest BCUT2D eigenvalue weighted by molar-refractivity contribution is 0.123. The highest BCUT2D eigenvalue weighted by Crippen LogP contribution is 2.30. The molecule has 0 unspecified atom stereocenters. The number of carbonyl (C=O) groups excluding carboxylic acids is 1. The van der Waals surface area contributed by atoms with Crippen molar-refractivity contribution in [3.05, 3.63) is 53.1 Å². The van der Waals surface area contributed by atoms with Gasteiger partial charge in [0.2, 0.25) is 5.96 Å². The maximum atomic E-state index is 14.2. The molecule has 4 rings (SSSR count). The summed E-state index contributed by atoms with van der Waals surface area (Å²) in [4.78, 5) is 28.9. The Morgan fingerprint density at radius 2 is 1.94 bits per heavy atom. The Hall–Kier alpha value is -4.47. The van der Waals surface area contributed by atoms with Gasteiger partial charge in [0.1, 0.15) is 23.8 Å². The Kier molecular flexibility index (Phi) is 7.14. The monoisotopic (exact) mass is 494 g/mol. The number of hydrazone groups is 1. The molecule has 2 aliphatic rings. The van der Waals surface area contributed by atoms with E-state index in [1.165, 1.54) is 29.0 Å². The fourth-order valence-electron chi connectivity index (χ4n) is 4.02. The third-order valence-corrected chi connectivity index (χ3v) is 5.77. The van der Waals surface area contributed by atoms with E-state index < -0.39 is 17.7 Å². The minimum absolute atomic E-state index is 0.0578. The van der Waals surface area contributed by atoms with Gasteiger partial charge in [-0.3, -0.25) is 0 Å². The molecule has 11 nitrogen and oxygen atoms in total. The van der Waals surface area contributed by atoms with Crippen molar-refractivity contribution < 1.29 is 13.6 Å². The standard InChI is InChI=1S/C23H24F2N10O/c1-15(24)21(34-14-28-16(2)31-34)30-22(27-3)32-6-8-33(9-7-32)23(36)35-20(4-5-29-35)18-10-17(13-26)11-19(25)12-18/h5,10-12,14,20H,3-4,6-9H2,1-2H3/b21-15-,30-22+/t20-/m0/s1. The molecule has 1 fully saturated rings. The predicted octanol–water partition coefficient (Wildman–Crippen LogP) is 2.94. The van der Waals surface area contributed by atoms with Crippen LogP contribution < -0.4 is 0 Å². The fraction of sp³-hybridized carbons (Fsp3) is 0.348. The number of aromatic nitrogens is 3. The number of urea groups is 1. The number of hydrogen-bond donors (Lipinski definition) is 0. The van der Waals surface area contributed by atoms with Crippen LogP contribution in [0.2, 0.25) is 0 Å². The van der Waals surface area contributed by atoms with Crippen molar-refractivity contribution in [3.63, 3.8) is 0 Å². The SMILES string of the molecule is C=N/C(=N\C(=C(/C)F)n1cnc(C)n1)N1CCN(C(=O)N2N=CC[C@H]2c2cc(F)cc(C#N)c2)CC1. The molecule has 0 saturated carbocycles. The summed E-state index contributed by atoms with van der Waals surface area (Å²) in [6, 6.07) is 5.11. The van der Waals surface area contributed by atoms with E-state index in [0.29, 0.717) is 44.0 Å². The van der Waals surface area contributed by atoms with Crippen molar-refractivity contribution in [3.8, 4) is 6.07 Å². The average molecular weight is 495 g/mol. The van der Waals surface area contributed by atoms with Gasteiger partial charge in [-0.1, -0.05) is 0 Å². The minimum Gasteiger partial charge on any atom is -0.337 e. The number of amides is 2. The molecule has 13 heteroatoms. The molecule has 0 N–H and O–H groups in total. The number of piperazine rings is 1. The van der Waals surface area contributed by atoms with Gasteiger partial charge in [0.25, 0.3) is 0 Å². The molecule has 1 aromatic carbocycles. The molecule has 2 aliphatic heterocycles. The van der Waals surface area contributed by atoms with Crippen molar-refractivity contribution in [2.45, 2.75) is 26.3 Å². The van der Waals surface area contributed by atoms with Crippen LogP contribution in [0.3, 0.4) is 0 Å². The Morgan fingerprint density at radius 3 is 2.56 bits per heavy atom. The summed E-state index contributed by atoms with van der Waals surface area (Å²) in [6.45, 7) is 7.90. The van der Waals surface area contributed by atoms with Gasteiger partial charge in [-0.15, -0.1) is 0 Å². The molecular formula is C23H24F2N10O. The predicted molar refractivity (Wildman–Crippen MR) is 129 cm³/mol. The number of hydrogen-bond acceptors (Lipinski definition) is 6. The van der Waals surface area contributed by atoms with E-state index in [4.69, 9.17) is 5.26 Å². The zero-order chi connectivity index (χ0) is 25.8. The molecular weight excluding hydrogens is 470 g/mol. The van der Waals surface area contributed by atoms with E-state index in [1.807, 2.05) is 6.07 Å². The zero-order valence-electron chi connectivity index (χ0n) is 19.8. The number of halogens is 2. The van der Waals surface area contributed by atoms with Crippen LogP contribution in [0.1, 0.15) is 36.3 Å². The molecule has 2 amide bonds. The normalized spacial score (nSPS) is 18.8. The number of aryl methyl sites for hydroxylation is 1. The molecule has 2 aromatic rings. The van der Waals surface area contributed by atoms with Crippen LogP contribution in [-0.4, -0.2) is 80.7 Å². The van der Waals surface area contributed by atoms with E-state index in [1.54, 1.807) is 29.0 Å². The lowest BCUT2D eigenvalue weighted by Crippen LogP contribution is -2.53. The van der Waals surface area contributed by atoms with Gasteiger partial charge in [0, 0.05) is 38.8 Å². The first kappa shape index (κ1) is 24.6. The molecule has 0 spiro atoms. The number of benzene rings is 1. The van der Waals surface area contributed by atoms with Crippen LogP contribution in [0.15, 0.2) is 45.4 Å². The lowest BCUT2D eigenvalue weighted by atomic mass is 10.0. The second-order valence-electron chi connectivity index (χ2n) is 8.20. The van der Waals surface area contributed by atoms with Gasteiger partial charge in [-0.05, 0) is 44.3 Å². The van der Waals surface area contributed by atoms with Crippen LogP contribution in [0.4, 0.5) is 13.6 Å². The Morgan fingerprint density at radius 1 is 1.22 bits per heavy atom. The summed E-state index contributed by atoms with van der Waals surface area (Å²) in [5.74, 6) is -0.502. The quantitative estimate of drug-likeness (QED) is 0.480. The number of rotatable bonds is 3. The van der Waals surface area contributed by atoms with Gasteiger partial charge in [0.05, 0.1) is 17.7 Å². The van der Waals surface area contributed by atoms with Crippen LogP contribution in [-0.2, 0) is 0 Å². The van der Waals surface area contributed by atoms with Gasteiger partial charge in [0.15, 0.2) is 5.82 Å². The van der Waals surface area contributed by atoms with Crippen LogP contribution in [0.25, 0.3) is 5.82 Å². The van der Waals surface area contributed by atoms with E-state index in [0.717, 1.165) is 6.07 Å². The molecule has 186 valence electrons. The van der Waals surface area contributed by atoms with E-state index in [2.05, 4.69) is 31.9 Å². The van der Waals surface area contributed by atoms with Crippen molar-refractivity contribution in [1.82, 2.24) is 29.6 Å². The summed E-state index contributed by atoms with van der Waals surface area (Å²) in [7, 11) is 0. The number of allylic oxidation sites excluding steroid dienone is 1. The van der Waals surface area contributed by atoms with Gasteiger partial charge < -0.3 is 9.80 Å². The molecule has 36 heavy (non-hydrogen) atoms. The summed E-state index contributed by atoms with van der Waals surface area (Å²) in [5, 5.41) is 18.8. The van der Waals surface area contributed by atoms with E-state index in [-0.39, 0.29) is 23.4 Å². The molecule has 1 saturated heterocycles. The average Bonchev–Trinajstić information content (AvgIpc) is 3.53. The topological polar surface area (TPSA) is 118 Å². The summed E-state index contributed by atoms with van der Waals surface area (Å²) in [5.41, 5.74) is 0.685. The highest BCUT2D eigenvalue weighted by atomic mass is 19.1. The third-order valence-electron chi connectivity index (χ3n) is 5.77. The summed E-state index contributed by atoms with van der Waals surface area (Å²) >= 11 is 0. The lowest BCUT2D eigenvalue weighted by Gasteiger charge is -2.37. The summed E-state index contributed by atoms with van der Waals surface area (Å²) in [6.07, 6.45) is 3.37. The smallest absolute Gasteiger partial charge is 0.337 e. The van der Waals surface area contributed by atoms with Crippen molar-refractivity contribution in [2.75, 3.05) is 26.2 Å². The highest BCUT2D eigenvalue weighted by Gasteiger charge is 2.34. The number of nitrogens with zero attached hydrogens (tertiary/aromatic N) is 10. The van der Waals surface area contributed by atoms with Crippen molar-refractivity contribution in [1.29, 1.82) is 5.26 Å². The molecule has 1 atom stereocenters. The molecule has 1 aromatic heterocycles. The largest absolute Gasteiger partial charge is 0.341 e. The molecule has 0 aliphatic carbocycles. The van der Waals surface area contributed by atoms with Crippen molar-refractivity contribution >= 4 is 30.7 Å². The second-order valence-corrected chi connectivity index (χ2v) is 8.20. The van der Waals surface area contributed by atoms with E-state index >= 15 is 0 Å². The minimum atomic E-state index is -0.565. The summed E-state index contributed by atoms with van der Waals surface area (Å²) < 4.78 is 29.4. The third kappa shape index (κ3) is 5.12. The fourth-order valence-corrected chi connectivity index (χ4v) is 4.02. The number of nitriles is 1. The van der Waals surface area contributed by atoms with Gasteiger partial charge >= 0.3 is 6.03 Å². The van der Waals surface area contributed by atoms with Crippen LogP contribution >= 0.6 is 0 Å². The molecule has 0 radical (unpaired) electrons. The van der Waals surface area contributed by atoms with E-state index in [9.17, 15) is 13.6 Å². The first-order valence-electron chi connectivity index (χ1n) is 11.2. The maximum Gasteiger partial charge on any atom is 0.341 e. The molecule has 0 bridgehead atoms. The Balaban J connectivity index is 1.46. The Labute approximate surface area is 206 Å². The number of aliphatic imine (C=N–C) groups is 2. The molecule has 3 heterocycles. The van der Waals surface area contributed by atoms with Crippen molar-refractivity contribution in [2.24, 2.45) is 15.1 Å². The zero-order valence-corrected chi connectivity index (χ0v) is 19.8. The first-order valence-corrected chi connectivity index (χ1v) is 11.2. The van der Waals surface area contributed by atoms with Crippen LogP contribution in [0.5, 0.6) is 0 Å².